The summed E-state index contributed by atoms with van der Waals surface area (Å²) in [7, 11) is -2.51. The average Bonchev–Trinajstić information content (AvgIpc) is 2.16. The van der Waals surface area contributed by atoms with Crippen molar-refractivity contribution in [1.82, 2.24) is 0 Å². The van der Waals surface area contributed by atoms with Gasteiger partial charge in [-0.1, -0.05) is 0 Å². The lowest BCUT2D eigenvalue weighted by Gasteiger charge is -2.08. The average molecular weight is 247 g/mol. The van der Waals surface area contributed by atoms with Crippen molar-refractivity contribution in [2.24, 2.45) is 0 Å². The van der Waals surface area contributed by atoms with E-state index in [0.717, 1.165) is 0 Å². The van der Waals surface area contributed by atoms with Crippen LogP contribution in [-0.2, 0) is 10.1 Å². The van der Waals surface area contributed by atoms with Gasteiger partial charge in [0.2, 0.25) is 0 Å². The largest absolute Gasteiger partial charge is 0.495 e. The van der Waals surface area contributed by atoms with E-state index in [1.807, 2.05) is 0 Å². The summed E-state index contributed by atoms with van der Waals surface area (Å²) in [6.07, 6.45) is 0. The maximum Gasteiger partial charge on any atom is 0.268 e. The third-order valence-electron chi connectivity index (χ3n) is 1.81. The zero-order valence-electron chi connectivity index (χ0n) is 8.71. The summed E-state index contributed by atoms with van der Waals surface area (Å²) >= 11 is 0. The van der Waals surface area contributed by atoms with Crippen molar-refractivity contribution in [2.45, 2.75) is 0 Å². The van der Waals surface area contributed by atoms with E-state index in [-0.39, 0.29) is 6.61 Å². The molecule has 1 aromatic carbocycles. The Hall–Kier alpha value is -1.47. The van der Waals surface area contributed by atoms with Crippen molar-refractivity contribution >= 4 is 15.8 Å². The fourth-order valence-corrected chi connectivity index (χ4v) is 1.36. The Bertz CT molecular complexity index is 457. The van der Waals surface area contributed by atoms with Gasteiger partial charge in [-0.05, 0) is 12.1 Å². The minimum Gasteiger partial charge on any atom is -0.495 e. The lowest BCUT2D eigenvalue weighted by Crippen LogP contribution is -2.12. The van der Waals surface area contributed by atoms with Crippen LogP contribution in [0.2, 0.25) is 0 Å². The number of methoxy groups -OCH3 is 1. The highest BCUT2D eigenvalue weighted by atomic mass is 32.2. The Labute approximate surface area is 93.7 Å². The Kier molecular flexibility index (Phi) is 3.97. The van der Waals surface area contributed by atoms with Crippen molar-refractivity contribution in [3.8, 4) is 11.5 Å². The second kappa shape index (κ2) is 5.04. The molecule has 0 spiro atoms. The monoisotopic (exact) mass is 247 g/mol. The number of anilines is 1. The van der Waals surface area contributed by atoms with Crippen LogP contribution in [0.3, 0.4) is 0 Å². The van der Waals surface area contributed by atoms with Crippen LogP contribution in [0.25, 0.3) is 0 Å². The molecule has 0 amide bonds. The van der Waals surface area contributed by atoms with Gasteiger partial charge in [-0.15, -0.1) is 0 Å². The fraction of sp³-hybridized carbons (Fsp3) is 0.333. The van der Waals surface area contributed by atoms with Gasteiger partial charge in [-0.3, -0.25) is 4.55 Å². The van der Waals surface area contributed by atoms with Gasteiger partial charge in [0.25, 0.3) is 10.1 Å². The van der Waals surface area contributed by atoms with Crippen LogP contribution in [0.5, 0.6) is 11.5 Å². The molecule has 7 heteroatoms. The maximum absolute atomic E-state index is 10.4. The quantitative estimate of drug-likeness (QED) is 0.582. The number of hydrogen-bond donors (Lipinski definition) is 2. The van der Waals surface area contributed by atoms with Crippen LogP contribution in [0, 0.1) is 0 Å². The summed E-state index contributed by atoms with van der Waals surface area (Å²) in [6, 6.07) is 4.72. The summed E-state index contributed by atoms with van der Waals surface area (Å²) < 4.78 is 39.3. The van der Waals surface area contributed by atoms with Gasteiger partial charge in [0.05, 0.1) is 12.8 Å². The standard InChI is InChI=1S/C9H13NO5S/c1-14-9-3-2-7(6-8(9)10)15-4-5-16(11,12)13/h2-3,6H,4-5,10H2,1H3,(H,11,12,13). The van der Waals surface area contributed by atoms with E-state index < -0.39 is 15.9 Å². The SMILES string of the molecule is COc1ccc(OCCS(=O)(=O)O)cc1N. The van der Waals surface area contributed by atoms with E-state index in [2.05, 4.69) is 0 Å². The zero-order valence-corrected chi connectivity index (χ0v) is 9.53. The smallest absolute Gasteiger partial charge is 0.268 e. The van der Waals surface area contributed by atoms with Gasteiger partial charge in [0, 0.05) is 6.07 Å². The van der Waals surface area contributed by atoms with E-state index in [1.165, 1.54) is 13.2 Å². The number of benzene rings is 1. The van der Waals surface area contributed by atoms with Crippen LogP contribution in [0.4, 0.5) is 5.69 Å². The molecule has 0 unspecified atom stereocenters. The van der Waals surface area contributed by atoms with Crippen molar-refractivity contribution in [3.63, 3.8) is 0 Å². The summed E-state index contributed by atoms with van der Waals surface area (Å²) in [4.78, 5) is 0. The molecule has 0 fully saturated rings. The van der Waals surface area contributed by atoms with E-state index in [9.17, 15) is 8.42 Å². The van der Waals surface area contributed by atoms with Crippen molar-refractivity contribution < 1.29 is 22.4 Å². The second-order valence-corrected chi connectivity index (χ2v) is 4.61. The highest BCUT2D eigenvalue weighted by molar-refractivity contribution is 7.85. The molecular formula is C9H13NO5S. The molecule has 0 saturated carbocycles. The number of hydrogen-bond acceptors (Lipinski definition) is 5. The molecule has 0 aromatic heterocycles. The van der Waals surface area contributed by atoms with Crippen molar-refractivity contribution in [1.29, 1.82) is 0 Å². The van der Waals surface area contributed by atoms with Gasteiger partial charge in [0.15, 0.2) is 0 Å². The van der Waals surface area contributed by atoms with Gasteiger partial charge < -0.3 is 15.2 Å². The van der Waals surface area contributed by atoms with E-state index in [0.29, 0.717) is 17.2 Å². The van der Waals surface area contributed by atoms with Gasteiger partial charge in [-0.25, -0.2) is 0 Å². The summed E-state index contributed by atoms with van der Waals surface area (Å²) in [5, 5.41) is 0. The molecular weight excluding hydrogens is 234 g/mol. The minimum atomic E-state index is -4.00. The van der Waals surface area contributed by atoms with Crippen LogP contribution in [0.1, 0.15) is 0 Å². The number of ether oxygens (including phenoxy) is 2. The highest BCUT2D eigenvalue weighted by Crippen LogP contribution is 2.25. The summed E-state index contributed by atoms with van der Waals surface area (Å²) in [5.41, 5.74) is 6.01. The van der Waals surface area contributed by atoms with Crippen LogP contribution >= 0.6 is 0 Å². The maximum atomic E-state index is 10.4. The predicted octanol–water partition coefficient (Wildman–Crippen LogP) is 0.544. The van der Waals surface area contributed by atoms with Gasteiger partial charge >= 0.3 is 0 Å². The first-order chi connectivity index (χ1) is 7.42. The molecule has 0 aliphatic rings. The molecule has 0 radical (unpaired) electrons. The number of nitrogen functional groups attached to an aromatic ring is 1. The zero-order chi connectivity index (χ0) is 12.2. The van der Waals surface area contributed by atoms with E-state index in [1.54, 1.807) is 12.1 Å². The van der Waals surface area contributed by atoms with E-state index in [4.69, 9.17) is 19.8 Å². The van der Waals surface area contributed by atoms with E-state index >= 15 is 0 Å². The molecule has 1 rings (SSSR count). The lowest BCUT2D eigenvalue weighted by atomic mass is 10.3. The Morgan fingerprint density at radius 2 is 2.12 bits per heavy atom. The predicted molar refractivity (Wildman–Crippen MR) is 59.3 cm³/mol. The van der Waals surface area contributed by atoms with Crippen molar-refractivity contribution in [2.75, 3.05) is 25.2 Å². The second-order valence-electron chi connectivity index (χ2n) is 3.04. The van der Waals surface area contributed by atoms with Crippen LogP contribution in [-0.4, -0.2) is 32.4 Å². The highest BCUT2D eigenvalue weighted by Gasteiger charge is 2.06. The Balaban J connectivity index is 2.59. The molecule has 0 aliphatic carbocycles. The topological polar surface area (TPSA) is 98.8 Å². The normalized spacial score (nSPS) is 11.1. The summed E-state index contributed by atoms with van der Waals surface area (Å²) in [6.45, 7) is -0.134. The minimum absolute atomic E-state index is 0.134. The molecule has 0 atom stereocenters. The van der Waals surface area contributed by atoms with Crippen LogP contribution in [0.15, 0.2) is 18.2 Å². The Morgan fingerprint density at radius 1 is 1.44 bits per heavy atom. The molecule has 6 nitrogen and oxygen atoms in total. The molecule has 3 N–H and O–H groups in total. The number of rotatable bonds is 5. The first-order valence-corrected chi connectivity index (χ1v) is 6.05. The molecule has 0 heterocycles. The van der Waals surface area contributed by atoms with Gasteiger partial charge in [0.1, 0.15) is 23.9 Å². The van der Waals surface area contributed by atoms with Crippen molar-refractivity contribution in [3.05, 3.63) is 18.2 Å². The first-order valence-electron chi connectivity index (χ1n) is 4.44. The molecule has 16 heavy (non-hydrogen) atoms. The third-order valence-corrected chi connectivity index (χ3v) is 2.49. The van der Waals surface area contributed by atoms with Gasteiger partial charge in [-0.2, -0.15) is 8.42 Å². The molecule has 0 bridgehead atoms. The molecule has 1 aromatic rings. The lowest BCUT2D eigenvalue weighted by molar-refractivity contribution is 0.335. The molecule has 90 valence electrons. The fourth-order valence-electron chi connectivity index (χ4n) is 1.07. The van der Waals surface area contributed by atoms with Crippen LogP contribution < -0.4 is 15.2 Å². The molecule has 0 saturated heterocycles. The third kappa shape index (κ3) is 3.95. The molecule has 0 aliphatic heterocycles. The number of nitrogens with two attached hydrogens (primary N) is 1. The first kappa shape index (κ1) is 12.6. The Morgan fingerprint density at radius 3 is 2.62 bits per heavy atom. The summed E-state index contributed by atoms with van der Waals surface area (Å²) in [5.74, 6) is 0.475.